The van der Waals surface area contributed by atoms with Crippen molar-refractivity contribution in [1.82, 2.24) is 0 Å². The Morgan fingerprint density at radius 3 is 2.37 bits per heavy atom. The van der Waals surface area contributed by atoms with Crippen molar-refractivity contribution in [3.05, 3.63) is 34.9 Å². The predicted molar refractivity (Wildman–Crippen MR) is 78.8 cm³/mol. The molecule has 0 aromatic heterocycles. The van der Waals surface area contributed by atoms with E-state index in [2.05, 4.69) is 24.7 Å². The van der Waals surface area contributed by atoms with Gasteiger partial charge in [0.05, 0.1) is 13.2 Å². The Morgan fingerprint density at radius 1 is 1.21 bits per heavy atom. The number of rotatable bonds is 7. The average molecular weight is 266 g/mol. The third kappa shape index (κ3) is 10.3. The molecule has 0 heterocycles. The number of esters is 1. The second kappa shape index (κ2) is 9.56. The highest BCUT2D eigenvalue weighted by Gasteiger charge is 2.04. The topological polar surface area (TPSA) is 46.5 Å². The van der Waals surface area contributed by atoms with E-state index in [-0.39, 0.29) is 5.97 Å². The lowest BCUT2D eigenvalue weighted by Crippen LogP contribution is -2.05. The van der Waals surface area contributed by atoms with Gasteiger partial charge in [-0.1, -0.05) is 28.9 Å². The quantitative estimate of drug-likeness (QED) is 0.435. The van der Waals surface area contributed by atoms with E-state index in [1.165, 1.54) is 18.8 Å². The maximum absolute atomic E-state index is 11.0. The number of carbonyl (C=O) groups is 1. The lowest BCUT2D eigenvalue weighted by atomic mass is 10.0. The number of carbonyl (C=O) groups excluding carboxylic acids is 1. The minimum atomic E-state index is -0.549. The van der Waals surface area contributed by atoms with Gasteiger partial charge < -0.3 is 9.84 Å². The second-order valence-corrected chi connectivity index (χ2v) is 5.12. The molecule has 0 fully saturated rings. The lowest BCUT2D eigenvalue weighted by Gasteiger charge is -2.08. The molecule has 3 heteroatoms. The third-order valence-electron chi connectivity index (χ3n) is 2.66. The summed E-state index contributed by atoms with van der Waals surface area (Å²) in [6.07, 6.45) is 7.30. The zero-order chi connectivity index (χ0) is 14.8. The van der Waals surface area contributed by atoms with Crippen LogP contribution >= 0.6 is 0 Å². The Morgan fingerprint density at radius 2 is 1.84 bits per heavy atom. The summed E-state index contributed by atoms with van der Waals surface area (Å²) in [4.78, 5) is 11.0. The summed E-state index contributed by atoms with van der Waals surface area (Å²) in [6.45, 7) is 7.98. The van der Waals surface area contributed by atoms with Crippen LogP contribution in [0, 0.1) is 0 Å². The smallest absolute Gasteiger partial charge is 0.330 e. The zero-order valence-electron chi connectivity index (χ0n) is 12.7. The minimum Gasteiger partial charge on any atom is -0.466 e. The first-order chi connectivity index (χ1) is 8.85. The third-order valence-corrected chi connectivity index (χ3v) is 2.66. The van der Waals surface area contributed by atoms with E-state index in [9.17, 15) is 9.90 Å². The summed E-state index contributed by atoms with van der Waals surface area (Å²) < 4.78 is 4.54. The van der Waals surface area contributed by atoms with E-state index < -0.39 is 6.10 Å². The van der Waals surface area contributed by atoms with Crippen LogP contribution < -0.4 is 0 Å². The van der Waals surface area contributed by atoms with Crippen molar-refractivity contribution in [3.63, 3.8) is 0 Å². The van der Waals surface area contributed by atoms with Crippen molar-refractivity contribution in [3.8, 4) is 0 Å². The molecule has 0 saturated heterocycles. The number of ether oxygens (including phenoxy) is 1. The molecule has 0 aliphatic rings. The van der Waals surface area contributed by atoms with Crippen LogP contribution in [-0.2, 0) is 9.53 Å². The molecule has 1 N–H and O–H groups in total. The average Bonchev–Trinajstić information content (AvgIpc) is 2.27. The molecular weight excluding hydrogens is 240 g/mol. The van der Waals surface area contributed by atoms with Crippen LogP contribution in [0.3, 0.4) is 0 Å². The fraction of sp³-hybridized carbons (Fsp3) is 0.562. The number of aliphatic hydroxyl groups is 1. The number of aliphatic hydroxyl groups excluding tert-OH is 1. The molecule has 0 aromatic carbocycles. The Kier molecular flexibility index (Phi) is 8.88. The van der Waals surface area contributed by atoms with Crippen molar-refractivity contribution in [1.29, 1.82) is 0 Å². The van der Waals surface area contributed by atoms with Crippen LogP contribution in [0.5, 0.6) is 0 Å². The van der Waals surface area contributed by atoms with Crippen molar-refractivity contribution >= 4 is 5.97 Å². The first-order valence-corrected chi connectivity index (χ1v) is 6.59. The fourth-order valence-corrected chi connectivity index (χ4v) is 1.71. The van der Waals surface area contributed by atoms with Gasteiger partial charge in [-0.25, -0.2) is 4.79 Å². The summed E-state index contributed by atoms with van der Waals surface area (Å²) in [5, 5.41) is 9.90. The van der Waals surface area contributed by atoms with Crippen LogP contribution in [0.1, 0.15) is 47.0 Å². The van der Waals surface area contributed by atoms with E-state index in [4.69, 9.17) is 0 Å². The van der Waals surface area contributed by atoms with Gasteiger partial charge in [0.25, 0.3) is 0 Å². The van der Waals surface area contributed by atoms with E-state index in [0.717, 1.165) is 24.0 Å². The summed E-state index contributed by atoms with van der Waals surface area (Å²) in [5.74, 6) is -0.381. The van der Waals surface area contributed by atoms with Crippen LogP contribution in [0.15, 0.2) is 34.9 Å². The van der Waals surface area contributed by atoms with Gasteiger partial charge in [-0.2, -0.15) is 0 Å². The Labute approximate surface area is 116 Å². The van der Waals surface area contributed by atoms with E-state index in [1.54, 1.807) is 0 Å². The molecule has 1 unspecified atom stereocenters. The van der Waals surface area contributed by atoms with Crippen molar-refractivity contribution in [2.75, 3.05) is 7.11 Å². The molecule has 0 radical (unpaired) electrons. The molecule has 1 atom stereocenters. The zero-order valence-corrected chi connectivity index (χ0v) is 12.7. The molecule has 3 nitrogen and oxygen atoms in total. The molecule has 0 aliphatic carbocycles. The Hall–Kier alpha value is -1.35. The lowest BCUT2D eigenvalue weighted by molar-refractivity contribution is -0.134. The molecule has 0 saturated carbocycles. The van der Waals surface area contributed by atoms with Gasteiger partial charge in [-0.3, -0.25) is 0 Å². The van der Waals surface area contributed by atoms with E-state index >= 15 is 0 Å². The molecule has 0 aliphatic heterocycles. The number of methoxy groups -OCH3 is 1. The molecular formula is C16H26O3. The molecule has 0 amide bonds. The normalized spacial score (nSPS) is 14.0. The van der Waals surface area contributed by atoms with Gasteiger partial charge in [0.15, 0.2) is 0 Å². The van der Waals surface area contributed by atoms with Crippen LogP contribution in [-0.4, -0.2) is 24.3 Å². The molecule has 0 rings (SSSR count). The number of hydrogen-bond donors (Lipinski definition) is 1. The Bertz CT molecular complexity index is 371. The number of allylic oxidation sites excluding steroid dienone is 3. The van der Waals surface area contributed by atoms with Gasteiger partial charge in [-0.15, -0.1) is 0 Å². The Balaban J connectivity index is 4.27. The SMILES string of the molecule is COC(=O)/C=C(\C)CC(O)/C=C(\C)CCC=C(C)C. The van der Waals surface area contributed by atoms with Gasteiger partial charge in [0.1, 0.15) is 0 Å². The summed E-state index contributed by atoms with van der Waals surface area (Å²) >= 11 is 0. The molecule has 0 aromatic rings. The fourth-order valence-electron chi connectivity index (χ4n) is 1.71. The van der Waals surface area contributed by atoms with E-state index in [1.807, 2.05) is 19.9 Å². The summed E-state index contributed by atoms with van der Waals surface area (Å²) in [5.41, 5.74) is 3.29. The maximum Gasteiger partial charge on any atom is 0.330 e. The van der Waals surface area contributed by atoms with Crippen LogP contribution in [0.25, 0.3) is 0 Å². The first-order valence-electron chi connectivity index (χ1n) is 6.59. The van der Waals surface area contributed by atoms with Gasteiger partial charge in [0.2, 0.25) is 0 Å². The second-order valence-electron chi connectivity index (χ2n) is 5.12. The number of hydrogen-bond acceptors (Lipinski definition) is 3. The summed E-state index contributed by atoms with van der Waals surface area (Å²) in [7, 11) is 1.34. The molecule has 0 spiro atoms. The van der Waals surface area contributed by atoms with E-state index in [0.29, 0.717) is 6.42 Å². The van der Waals surface area contributed by atoms with Crippen molar-refractivity contribution in [2.45, 2.75) is 53.1 Å². The molecule has 0 bridgehead atoms. The highest BCUT2D eigenvalue weighted by Crippen LogP contribution is 2.12. The standard InChI is InChI=1S/C16H26O3/c1-12(2)7-6-8-13(3)9-15(17)10-14(4)11-16(18)19-5/h7,9,11,15,17H,6,8,10H2,1-5H3/b13-9+,14-11+. The highest BCUT2D eigenvalue weighted by molar-refractivity contribution is 5.82. The minimum absolute atomic E-state index is 0.381. The predicted octanol–water partition coefficient (Wildman–Crippen LogP) is 3.55. The van der Waals surface area contributed by atoms with Crippen LogP contribution in [0.2, 0.25) is 0 Å². The molecule has 108 valence electrons. The van der Waals surface area contributed by atoms with Gasteiger partial charge in [-0.05, 0) is 47.0 Å². The van der Waals surface area contributed by atoms with Crippen molar-refractivity contribution in [2.24, 2.45) is 0 Å². The largest absolute Gasteiger partial charge is 0.466 e. The highest BCUT2D eigenvalue weighted by atomic mass is 16.5. The van der Waals surface area contributed by atoms with Gasteiger partial charge >= 0.3 is 5.97 Å². The van der Waals surface area contributed by atoms with Crippen LogP contribution in [0.4, 0.5) is 0 Å². The van der Waals surface area contributed by atoms with Crippen molar-refractivity contribution < 1.29 is 14.6 Å². The monoisotopic (exact) mass is 266 g/mol. The summed E-state index contributed by atoms with van der Waals surface area (Å²) in [6, 6.07) is 0. The maximum atomic E-state index is 11.0. The van der Waals surface area contributed by atoms with Gasteiger partial charge in [0, 0.05) is 6.08 Å². The first kappa shape index (κ1) is 17.6. The molecule has 19 heavy (non-hydrogen) atoms.